The minimum Gasteiger partial charge on any atom is -0.469 e. The number of furan rings is 1. The van der Waals surface area contributed by atoms with Crippen LogP contribution in [0.15, 0.2) is 22.8 Å². The van der Waals surface area contributed by atoms with Gasteiger partial charge in [0.15, 0.2) is 0 Å². The SMILES string of the molecule is CC(C)NC(=O)C(CCCN)c1ccco1. The van der Waals surface area contributed by atoms with E-state index in [0.29, 0.717) is 12.3 Å². The van der Waals surface area contributed by atoms with Gasteiger partial charge in [0.05, 0.1) is 12.2 Å². The molecular formula is C12H20N2O2. The second-order valence-electron chi connectivity index (χ2n) is 4.16. The predicted molar refractivity (Wildman–Crippen MR) is 63.0 cm³/mol. The maximum Gasteiger partial charge on any atom is 0.230 e. The van der Waals surface area contributed by atoms with E-state index in [1.54, 1.807) is 12.3 Å². The molecule has 90 valence electrons. The normalized spacial score (nSPS) is 12.8. The quantitative estimate of drug-likeness (QED) is 0.771. The number of rotatable bonds is 6. The van der Waals surface area contributed by atoms with E-state index in [1.807, 2.05) is 19.9 Å². The van der Waals surface area contributed by atoms with E-state index in [-0.39, 0.29) is 17.9 Å². The van der Waals surface area contributed by atoms with Gasteiger partial charge in [-0.05, 0) is 45.4 Å². The molecule has 0 saturated carbocycles. The van der Waals surface area contributed by atoms with Gasteiger partial charge in [-0.3, -0.25) is 4.79 Å². The molecule has 1 unspecified atom stereocenters. The molecule has 0 aromatic carbocycles. The van der Waals surface area contributed by atoms with Crippen molar-refractivity contribution in [3.8, 4) is 0 Å². The minimum atomic E-state index is -0.221. The summed E-state index contributed by atoms with van der Waals surface area (Å²) in [5.41, 5.74) is 5.47. The van der Waals surface area contributed by atoms with Crippen LogP contribution in [-0.4, -0.2) is 18.5 Å². The highest BCUT2D eigenvalue weighted by Crippen LogP contribution is 2.21. The van der Waals surface area contributed by atoms with Crippen LogP contribution in [0.2, 0.25) is 0 Å². The lowest BCUT2D eigenvalue weighted by Gasteiger charge is -2.16. The van der Waals surface area contributed by atoms with Crippen LogP contribution >= 0.6 is 0 Å². The maximum atomic E-state index is 11.9. The van der Waals surface area contributed by atoms with Crippen LogP contribution in [0, 0.1) is 0 Å². The fourth-order valence-corrected chi connectivity index (χ4v) is 1.60. The van der Waals surface area contributed by atoms with Crippen LogP contribution in [0.25, 0.3) is 0 Å². The Labute approximate surface area is 96.2 Å². The highest BCUT2D eigenvalue weighted by Gasteiger charge is 2.22. The molecule has 0 aliphatic heterocycles. The van der Waals surface area contributed by atoms with Crippen LogP contribution in [0.3, 0.4) is 0 Å². The molecule has 0 aliphatic rings. The van der Waals surface area contributed by atoms with Crippen LogP contribution in [0.1, 0.15) is 38.4 Å². The number of nitrogens with two attached hydrogens (primary N) is 1. The summed E-state index contributed by atoms with van der Waals surface area (Å²) < 4.78 is 5.29. The summed E-state index contributed by atoms with van der Waals surface area (Å²) in [5, 5.41) is 2.90. The Kier molecular flexibility index (Phi) is 5.05. The van der Waals surface area contributed by atoms with Crippen molar-refractivity contribution in [1.29, 1.82) is 0 Å². The molecule has 3 N–H and O–H groups in total. The topological polar surface area (TPSA) is 68.3 Å². The van der Waals surface area contributed by atoms with E-state index in [2.05, 4.69) is 5.32 Å². The van der Waals surface area contributed by atoms with E-state index >= 15 is 0 Å². The van der Waals surface area contributed by atoms with E-state index in [9.17, 15) is 4.79 Å². The first kappa shape index (κ1) is 12.8. The molecule has 1 aromatic heterocycles. The Hall–Kier alpha value is -1.29. The van der Waals surface area contributed by atoms with Crippen molar-refractivity contribution in [2.75, 3.05) is 6.54 Å². The molecule has 1 atom stereocenters. The molecule has 1 rings (SSSR count). The molecule has 0 aliphatic carbocycles. The summed E-state index contributed by atoms with van der Waals surface area (Å²) in [4.78, 5) is 11.9. The third-order valence-electron chi connectivity index (χ3n) is 2.33. The molecular weight excluding hydrogens is 204 g/mol. The van der Waals surface area contributed by atoms with Crippen molar-refractivity contribution in [3.05, 3.63) is 24.2 Å². The van der Waals surface area contributed by atoms with Gasteiger partial charge in [-0.2, -0.15) is 0 Å². The zero-order valence-corrected chi connectivity index (χ0v) is 9.90. The lowest BCUT2D eigenvalue weighted by Crippen LogP contribution is -2.34. The van der Waals surface area contributed by atoms with Crippen molar-refractivity contribution in [2.24, 2.45) is 5.73 Å². The van der Waals surface area contributed by atoms with Crippen molar-refractivity contribution < 1.29 is 9.21 Å². The second kappa shape index (κ2) is 6.33. The average molecular weight is 224 g/mol. The van der Waals surface area contributed by atoms with Crippen LogP contribution in [-0.2, 0) is 4.79 Å². The van der Waals surface area contributed by atoms with E-state index < -0.39 is 0 Å². The second-order valence-corrected chi connectivity index (χ2v) is 4.16. The predicted octanol–water partition coefficient (Wildman–Crippen LogP) is 1.63. The van der Waals surface area contributed by atoms with Gasteiger partial charge in [0.2, 0.25) is 5.91 Å². The van der Waals surface area contributed by atoms with Crippen molar-refractivity contribution in [3.63, 3.8) is 0 Å². The molecule has 0 saturated heterocycles. The number of nitrogens with one attached hydrogen (secondary N) is 1. The Balaban J connectivity index is 2.67. The number of carbonyl (C=O) groups is 1. The van der Waals surface area contributed by atoms with Gasteiger partial charge < -0.3 is 15.5 Å². The summed E-state index contributed by atoms with van der Waals surface area (Å²) in [7, 11) is 0. The first-order chi connectivity index (χ1) is 7.65. The van der Waals surface area contributed by atoms with Gasteiger partial charge in [-0.25, -0.2) is 0 Å². The highest BCUT2D eigenvalue weighted by atomic mass is 16.3. The smallest absolute Gasteiger partial charge is 0.230 e. The molecule has 4 heteroatoms. The minimum absolute atomic E-state index is 0.0124. The molecule has 16 heavy (non-hydrogen) atoms. The van der Waals surface area contributed by atoms with Crippen LogP contribution in [0.4, 0.5) is 0 Å². The molecule has 1 amide bonds. The van der Waals surface area contributed by atoms with E-state index in [4.69, 9.17) is 10.2 Å². The zero-order chi connectivity index (χ0) is 12.0. The number of hydrogen-bond donors (Lipinski definition) is 2. The monoisotopic (exact) mass is 224 g/mol. The van der Waals surface area contributed by atoms with Gasteiger partial charge in [-0.15, -0.1) is 0 Å². The molecule has 0 spiro atoms. The van der Waals surface area contributed by atoms with Gasteiger partial charge in [0.1, 0.15) is 5.76 Å². The van der Waals surface area contributed by atoms with Crippen LogP contribution in [0.5, 0.6) is 0 Å². The first-order valence-electron chi connectivity index (χ1n) is 5.69. The standard InChI is InChI=1S/C12H20N2O2/c1-9(2)14-12(15)10(5-3-7-13)11-6-4-8-16-11/h4,6,8-10H,3,5,7,13H2,1-2H3,(H,14,15). The van der Waals surface area contributed by atoms with Crippen molar-refractivity contribution in [2.45, 2.75) is 38.6 Å². The molecule has 0 bridgehead atoms. The first-order valence-corrected chi connectivity index (χ1v) is 5.69. The molecule has 1 aromatic rings. The van der Waals surface area contributed by atoms with Gasteiger partial charge in [-0.1, -0.05) is 0 Å². The Morgan fingerprint density at radius 3 is 2.81 bits per heavy atom. The summed E-state index contributed by atoms with van der Waals surface area (Å²) in [5.74, 6) is 0.506. The Bertz CT molecular complexity index is 307. The lowest BCUT2D eigenvalue weighted by molar-refractivity contribution is -0.123. The van der Waals surface area contributed by atoms with Gasteiger partial charge >= 0.3 is 0 Å². The third-order valence-corrected chi connectivity index (χ3v) is 2.33. The fourth-order valence-electron chi connectivity index (χ4n) is 1.60. The molecule has 0 fully saturated rings. The van der Waals surface area contributed by atoms with E-state index in [0.717, 1.165) is 12.8 Å². The summed E-state index contributed by atoms with van der Waals surface area (Å²) >= 11 is 0. The average Bonchev–Trinajstić information content (AvgIpc) is 2.70. The summed E-state index contributed by atoms with van der Waals surface area (Å²) in [6, 6.07) is 3.77. The summed E-state index contributed by atoms with van der Waals surface area (Å²) in [6.45, 7) is 4.48. The van der Waals surface area contributed by atoms with Gasteiger partial charge in [0, 0.05) is 6.04 Å². The molecule has 0 radical (unpaired) electrons. The zero-order valence-electron chi connectivity index (χ0n) is 9.90. The largest absolute Gasteiger partial charge is 0.469 e. The number of amides is 1. The summed E-state index contributed by atoms with van der Waals surface area (Å²) in [6.07, 6.45) is 3.13. The Morgan fingerprint density at radius 2 is 2.31 bits per heavy atom. The van der Waals surface area contributed by atoms with Gasteiger partial charge in [0.25, 0.3) is 0 Å². The fraction of sp³-hybridized carbons (Fsp3) is 0.583. The van der Waals surface area contributed by atoms with Crippen molar-refractivity contribution in [1.82, 2.24) is 5.32 Å². The maximum absolute atomic E-state index is 11.9. The molecule has 1 heterocycles. The van der Waals surface area contributed by atoms with Crippen molar-refractivity contribution >= 4 is 5.91 Å². The van der Waals surface area contributed by atoms with E-state index in [1.165, 1.54) is 0 Å². The Morgan fingerprint density at radius 1 is 1.56 bits per heavy atom. The lowest BCUT2D eigenvalue weighted by atomic mass is 9.99. The molecule has 4 nitrogen and oxygen atoms in total. The number of hydrogen-bond acceptors (Lipinski definition) is 3. The number of carbonyl (C=O) groups excluding carboxylic acids is 1. The van der Waals surface area contributed by atoms with Crippen LogP contribution < -0.4 is 11.1 Å². The third kappa shape index (κ3) is 3.70. The highest BCUT2D eigenvalue weighted by molar-refractivity contribution is 5.83.